The highest BCUT2D eigenvalue weighted by atomic mass is 35.5. The second-order valence-electron chi connectivity index (χ2n) is 6.20. The van der Waals surface area contributed by atoms with Crippen molar-refractivity contribution >= 4 is 35.7 Å². The van der Waals surface area contributed by atoms with Crippen molar-refractivity contribution in [3.63, 3.8) is 0 Å². The van der Waals surface area contributed by atoms with Gasteiger partial charge in [-0.1, -0.05) is 12.8 Å². The quantitative estimate of drug-likeness (QED) is 0.662. The smallest absolute Gasteiger partial charge is 0.316 e. The van der Waals surface area contributed by atoms with E-state index in [1.807, 2.05) is 6.92 Å². The SMILES string of the molecule is COc1cc(NC(=O)C2CCCCC2(C)N)ccc1NC(N)=O.Cl. The number of halogens is 1. The van der Waals surface area contributed by atoms with E-state index in [1.54, 1.807) is 18.2 Å². The Morgan fingerprint density at radius 2 is 2.00 bits per heavy atom. The number of methoxy groups -OCH3 is 1. The highest BCUT2D eigenvalue weighted by Gasteiger charge is 2.37. The van der Waals surface area contributed by atoms with E-state index in [1.165, 1.54) is 7.11 Å². The first kappa shape index (κ1) is 20.1. The van der Waals surface area contributed by atoms with Crippen LogP contribution in [-0.4, -0.2) is 24.6 Å². The predicted octanol–water partition coefficient (Wildman–Crippen LogP) is 2.45. The van der Waals surface area contributed by atoms with Crippen molar-refractivity contribution in [2.75, 3.05) is 17.7 Å². The molecule has 0 aliphatic heterocycles. The van der Waals surface area contributed by atoms with E-state index in [2.05, 4.69) is 10.6 Å². The van der Waals surface area contributed by atoms with Crippen LogP contribution in [0.4, 0.5) is 16.2 Å². The average molecular weight is 357 g/mol. The Balaban J connectivity index is 0.00000288. The Bertz CT molecular complexity index is 607. The Morgan fingerprint density at radius 3 is 2.58 bits per heavy atom. The summed E-state index contributed by atoms with van der Waals surface area (Å²) in [4.78, 5) is 23.5. The van der Waals surface area contributed by atoms with Crippen molar-refractivity contribution in [3.8, 4) is 5.75 Å². The van der Waals surface area contributed by atoms with Crippen LogP contribution in [0.2, 0.25) is 0 Å². The molecular formula is C16H25ClN4O3. The van der Waals surface area contributed by atoms with Crippen LogP contribution in [0.1, 0.15) is 32.6 Å². The number of ether oxygens (including phenoxy) is 1. The fourth-order valence-electron chi connectivity index (χ4n) is 3.02. The molecule has 1 saturated carbocycles. The highest BCUT2D eigenvalue weighted by Crippen LogP contribution is 2.33. The van der Waals surface area contributed by atoms with Crippen LogP contribution in [0.25, 0.3) is 0 Å². The molecule has 8 heteroatoms. The molecule has 0 spiro atoms. The molecule has 2 atom stereocenters. The number of primary amides is 1. The largest absolute Gasteiger partial charge is 0.494 e. The molecule has 1 aliphatic carbocycles. The van der Waals surface area contributed by atoms with Gasteiger partial charge in [-0.25, -0.2) is 4.79 Å². The second-order valence-corrected chi connectivity index (χ2v) is 6.20. The van der Waals surface area contributed by atoms with Gasteiger partial charge < -0.3 is 26.8 Å². The molecule has 0 radical (unpaired) electrons. The molecule has 6 N–H and O–H groups in total. The Morgan fingerprint density at radius 1 is 1.29 bits per heavy atom. The lowest BCUT2D eigenvalue weighted by Gasteiger charge is -2.37. The molecule has 24 heavy (non-hydrogen) atoms. The minimum absolute atomic E-state index is 0. The molecule has 134 valence electrons. The van der Waals surface area contributed by atoms with Gasteiger partial charge in [-0.05, 0) is 31.9 Å². The van der Waals surface area contributed by atoms with Crippen LogP contribution in [-0.2, 0) is 4.79 Å². The van der Waals surface area contributed by atoms with E-state index in [4.69, 9.17) is 16.2 Å². The maximum Gasteiger partial charge on any atom is 0.316 e. The molecule has 2 unspecified atom stereocenters. The summed E-state index contributed by atoms with van der Waals surface area (Å²) in [5.74, 6) is 0.110. The van der Waals surface area contributed by atoms with Gasteiger partial charge in [0.1, 0.15) is 5.75 Å². The summed E-state index contributed by atoms with van der Waals surface area (Å²) in [7, 11) is 1.48. The number of hydrogen-bond donors (Lipinski definition) is 4. The first-order valence-electron chi connectivity index (χ1n) is 7.68. The number of rotatable bonds is 4. The van der Waals surface area contributed by atoms with Crippen molar-refractivity contribution in [1.29, 1.82) is 0 Å². The molecule has 2 rings (SSSR count). The van der Waals surface area contributed by atoms with Gasteiger partial charge in [-0.3, -0.25) is 4.79 Å². The molecule has 0 aromatic heterocycles. The van der Waals surface area contributed by atoms with Crippen LogP contribution in [0, 0.1) is 5.92 Å². The van der Waals surface area contributed by atoms with Gasteiger partial charge in [0.25, 0.3) is 0 Å². The first-order valence-corrected chi connectivity index (χ1v) is 7.68. The third-order valence-corrected chi connectivity index (χ3v) is 4.30. The summed E-state index contributed by atoms with van der Waals surface area (Å²) in [6.45, 7) is 1.93. The topological polar surface area (TPSA) is 119 Å². The van der Waals surface area contributed by atoms with Crippen LogP contribution in [0.5, 0.6) is 5.75 Å². The number of nitrogens with two attached hydrogens (primary N) is 2. The molecule has 0 bridgehead atoms. The number of hydrogen-bond acceptors (Lipinski definition) is 4. The van der Waals surface area contributed by atoms with Crippen molar-refractivity contribution < 1.29 is 14.3 Å². The molecule has 0 saturated heterocycles. The average Bonchev–Trinajstić information content (AvgIpc) is 2.47. The van der Waals surface area contributed by atoms with E-state index in [-0.39, 0.29) is 24.2 Å². The normalized spacial score (nSPS) is 22.9. The summed E-state index contributed by atoms with van der Waals surface area (Å²) in [6.07, 6.45) is 3.70. The van der Waals surface area contributed by atoms with Crippen LogP contribution < -0.4 is 26.8 Å². The summed E-state index contributed by atoms with van der Waals surface area (Å²) >= 11 is 0. The summed E-state index contributed by atoms with van der Waals surface area (Å²) < 4.78 is 5.21. The minimum atomic E-state index is -0.679. The fourth-order valence-corrected chi connectivity index (χ4v) is 3.02. The molecule has 1 aromatic carbocycles. The van der Waals surface area contributed by atoms with Gasteiger partial charge in [0, 0.05) is 17.3 Å². The van der Waals surface area contributed by atoms with Crippen LogP contribution in [0.3, 0.4) is 0 Å². The Hall–Kier alpha value is -1.99. The first-order chi connectivity index (χ1) is 10.8. The van der Waals surface area contributed by atoms with Crippen LogP contribution >= 0.6 is 12.4 Å². The predicted molar refractivity (Wildman–Crippen MR) is 96.6 cm³/mol. The maximum absolute atomic E-state index is 12.5. The zero-order valence-corrected chi connectivity index (χ0v) is 14.7. The lowest BCUT2D eigenvalue weighted by atomic mass is 9.74. The summed E-state index contributed by atoms with van der Waals surface area (Å²) in [5.41, 5.74) is 11.9. The van der Waals surface area contributed by atoms with E-state index in [0.717, 1.165) is 25.7 Å². The second kappa shape index (κ2) is 8.21. The van der Waals surface area contributed by atoms with Gasteiger partial charge in [0.05, 0.1) is 18.7 Å². The third-order valence-electron chi connectivity index (χ3n) is 4.30. The Kier molecular flexibility index (Phi) is 6.86. The minimum Gasteiger partial charge on any atom is -0.494 e. The van der Waals surface area contributed by atoms with Gasteiger partial charge in [0.2, 0.25) is 5.91 Å². The molecule has 1 aliphatic rings. The van der Waals surface area contributed by atoms with E-state index in [0.29, 0.717) is 17.1 Å². The van der Waals surface area contributed by atoms with E-state index in [9.17, 15) is 9.59 Å². The number of urea groups is 1. The third kappa shape index (κ3) is 4.75. The van der Waals surface area contributed by atoms with Crippen molar-refractivity contribution in [3.05, 3.63) is 18.2 Å². The summed E-state index contributed by atoms with van der Waals surface area (Å²) in [6, 6.07) is 4.27. The highest BCUT2D eigenvalue weighted by molar-refractivity contribution is 5.95. The maximum atomic E-state index is 12.5. The van der Waals surface area contributed by atoms with E-state index >= 15 is 0 Å². The number of amides is 3. The van der Waals surface area contributed by atoms with E-state index < -0.39 is 11.6 Å². The number of benzene rings is 1. The van der Waals surface area contributed by atoms with Gasteiger partial charge in [-0.15, -0.1) is 12.4 Å². The zero-order valence-electron chi connectivity index (χ0n) is 13.9. The number of carbonyl (C=O) groups is 2. The van der Waals surface area contributed by atoms with Gasteiger partial charge in [0.15, 0.2) is 0 Å². The lowest BCUT2D eigenvalue weighted by molar-refractivity contribution is -0.122. The lowest BCUT2D eigenvalue weighted by Crippen LogP contribution is -2.51. The van der Waals surface area contributed by atoms with Crippen molar-refractivity contribution in [2.24, 2.45) is 17.4 Å². The molecule has 1 aromatic rings. The molecule has 3 amide bonds. The fraction of sp³-hybridized carbons (Fsp3) is 0.500. The standard InChI is InChI=1S/C16H24N4O3.ClH/c1-16(18)8-4-3-5-11(16)14(21)19-10-6-7-12(20-15(17)22)13(9-10)23-2;/h6-7,9,11H,3-5,8,18H2,1-2H3,(H,19,21)(H3,17,20,22);1H. The summed E-state index contributed by atoms with van der Waals surface area (Å²) in [5, 5.41) is 5.34. The molecule has 0 heterocycles. The van der Waals surface area contributed by atoms with Crippen molar-refractivity contribution in [2.45, 2.75) is 38.1 Å². The number of nitrogens with one attached hydrogen (secondary N) is 2. The number of carbonyl (C=O) groups excluding carboxylic acids is 2. The Labute approximate surface area is 147 Å². The number of anilines is 2. The molecular weight excluding hydrogens is 332 g/mol. The van der Waals surface area contributed by atoms with Crippen molar-refractivity contribution in [1.82, 2.24) is 0 Å². The zero-order chi connectivity index (χ0) is 17.0. The molecule has 1 fully saturated rings. The molecule has 7 nitrogen and oxygen atoms in total. The van der Waals surface area contributed by atoms with Gasteiger partial charge in [-0.2, -0.15) is 0 Å². The van der Waals surface area contributed by atoms with Gasteiger partial charge >= 0.3 is 6.03 Å². The monoisotopic (exact) mass is 356 g/mol. The van der Waals surface area contributed by atoms with Crippen LogP contribution in [0.15, 0.2) is 18.2 Å².